The van der Waals surface area contributed by atoms with Crippen molar-refractivity contribution < 1.29 is 0 Å². The first kappa shape index (κ1) is 10.3. The molecule has 0 aromatic rings. The highest BCUT2D eigenvalue weighted by atomic mass is 14.8. The van der Waals surface area contributed by atoms with E-state index in [1.807, 2.05) is 7.05 Å². The molecule has 0 saturated heterocycles. The lowest BCUT2D eigenvalue weighted by Gasteiger charge is -2.22. The molecule has 0 saturated carbocycles. The molecular weight excluding hydrogens is 182 g/mol. The number of rotatable bonds is 2. The standard InChI is InChI=1S/C14H19N/c1-11-5-3-4-6-14(11)12-7-9-13(15-2)10-8-12/h4,6-7,9-10,12,15H,3,5,8H2,1-2H3. The fourth-order valence-electron chi connectivity index (χ4n) is 2.27. The normalized spacial score (nSPS) is 25.5. The summed E-state index contributed by atoms with van der Waals surface area (Å²) in [4.78, 5) is 0. The van der Waals surface area contributed by atoms with Crippen molar-refractivity contribution in [2.24, 2.45) is 5.92 Å². The Morgan fingerprint density at radius 1 is 1.33 bits per heavy atom. The maximum atomic E-state index is 3.18. The van der Waals surface area contributed by atoms with Crippen LogP contribution in [0.2, 0.25) is 0 Å². The van der Waals surface area contributed by atoms with Crippen LogP contribution in [0, 0.1) is 5.92 Å². The number of hydrogen-bond donors (Lipinski definition) is 1. The first-order valence-electron chi connectivity index (χ1n) is 5.73. The molecule has 1 atom stereocenters. The molecule has 15 heavy (non-hydrogen) atoms. The molecule has 1 unspecified atom stereocenters. The predicted octanol–water partition coefficient (Wildman–Crippen LogP) is 3.33. The van der Waals surface area contributed by atoms with E-state index in [0.717, 1.165) is 6.42 Å². The van der Waals surface area contributed by atoms with Crippen LogP contribution in [0.15, 0.2) is 47.2 Å². The Hall–Kier alpha value is -1.24. The first-order chi connectivity index (χ1) is 7.31. The van der Waals surface area contributed by atoms with Gasteiger partial charge in [-0.15, -0.1) is 0 Å². The monoisotopic (exact) mass is 201 g/mol. The van der Waals surface area contributed by atoms with Crippen LogP contribution < -0.4 is 5.32 Å². The third kappa shape index (κ3) is 2.23. The predicted molar refractivity (Wildman–Crippen MR) is 65.5 cm³/mol. The van der Waals surface area contributed by atoms with E-state index in [4.69, 9.17) is 0 Å². The summed E-state index contributed by atoms with van der Waals surface area (Å²) in [5.74, 6) is 0.596. The minimum atomic E-state index is 0.596. The van der Waals surface area contributed by atoms with Gasteiger partial charge in [0, 0.05) is 18.7 Å². The van der Waals surface area contributed by atoms with Gasteiger partial charge in [0.25, 0.3) is 0 Å². The molecular formula is C14H19N. The van der Waals surface area contributed by atoms with Gasteiger partial charge in [0.05, 0.1) is 0 Å². The molecule has 0 spiro atoms. The van der Waals surface area contributed by atoms with Gasteiger partial charge in [-0.2, -0.15) is 0 Å². The van der Waals surface area contributed by atoms with Crippen molar-refractivity contribution in [1.29, 1.82) is 0 Å². The van der Waals surface area contributed by atoms with Crippen molar-refractivity contribution in [2.45, 2.75) is 26.2 Å². The number of allylic oxidation sites excluding steroid dienone is 7. The highest BCUT2D eigenvalue weighted by Crippen LogP contribution is 2.30. The molecule has 0 radical (unpaired) electrons. The molecule has 2 aliphatic carbocycles. The summed E-state index contributed by atoms with van der Waals surface area (Å²) in [5, 5.41) is 3.18. The van der Waals surface area contributed by atoms with Crippen molar-refractivity contribution in [3.05, 3.63) is 47.2 Å². The van der Waals surface area contributed by atoms with E-state index in [1.54, 1.807) is 5.57 Å². The minimum Gasteiger partial charge on any atom is -0.388 e. The largest absolute Gasteiger partial charge is 0.388 e. The van der Waals surface area contributed by atoms with Crippen LogP contribution in [0.5, 0.6) is 0 Å². The number of hydrogen-bond acceptors (Lipinski definition) is 1. The summed E-state index contributed by atoms with van der Waals surface area (Å²) in [6, 6.07) is 0. The second kappa shape index (κ2) is 4.52. The van der Waals surface area contributed by atoms with Gasteiger partial charge in [0.15, 0.2) is 0 Å². The molecule has 0 aliphatic heterocycles. The Labute approximate surface area is 92.3 Å². The average molecular weight is 201 g/mol. The Morgan fingerprint density at radius 3 is 2.80 bits per heavy atom. The molecule has 80 valence electrons. The SMILES string of the molecule is CNC1=CCC(C2=C(C)CCC=C2)C=C1. The fraction of sp³-hybridized carbons (Fsp3) is 0.429. The highest BCUT2D eigenvalue weighted by Gasteiger charge is 2.15. The molecule has 2 aliphatic rings. The van der Waals surface area contributed by atoms with Crippen LogP contribution in [0.1, 0.15) is 26.2 Å². The molecule has 0 amide bonds. The molecule has 0 heterocycles. The van der Waals surface area contributed by atoms with Crippen LogP contribution in [-0.2, 0) is 0 Å². The van der Waals surface area contributed by atoms with Crippen LogP contribution in [-0.4, -0.2) is 7.05 Å². The molecule has 0 aromatic heterocycles. The average Bonchev–Trinajstić information content (AvgIpc) is 2.30. The molecule has 1 nitrogen and oxygen atoms in total. The molecule has 0 bridgehead atoms. The lowest BCUT2D eigenvalue weighted by Crippen LogP contribution is -2.11. The fourth-order valence-corrected chi connectivity index (χ4v) is 2.27. The zero-order valence-corrected chi connectivity index (χ0v) is 9.59. The number of nitrogens with one attached hydrogen (secondary N) is 1. The van der Waals surface area contributed by atoms with Gasteiger partial charge in [-0.25, -0.2) is 0 Å². The Morgan fingerprint density at radius 2 is 2.20 bits per heavy atom. The van der Waals surface area contributed by atoms with E-state index in [0.29, 0.717) is 5.92 Å². The van der Waals surface area contributed by atoms with E-state index in [2.05, 4.69) is 42.6 Å². The second-order valence-electron chi connectivity index (χ2n) is 4.29. The minimum absolute atomic E-state index is 0.596. The maximum absolute atomic E-state index is 3.18. The first-order valence-corrected chi connectivity index (χ1v) is 5.73. The molecule has 0 aromatic carbocycles. The van der Waals surface area contributed by atoms with Gasteiger partial charge in [0.2, 0.25) is 0 Å². The quantitative estimate of drug-likeness (QED) is 0.722. The summed E-state index contributed by atoms with van der Waals surface area (Å²) >= 11 is 0. The van der Waals surface area contributed by atoms with Crippen molar-refractivity contribution in [2.75, 3.05) is 7.05 Å². The van der Waals surface area contributed by atoms with Crippen molar-refractivity contribution in [3.8, 4) is 0 Å². The van der Waals surface area contributed by atoms with Crippen LogP contribution in [0.4, 0.5) is 0 Å². The van der Waals surface area contributed by atoms with Gasteiger partial charge in [-0.05, 0) is 37.8 Å². The van der Waals surface area contributed by atoms with Gasteiger partial charge in [-0.1, -0.05) is 29.9 Å². The zero-order chi connectivity index (χ0) is 10.7. The van der Waals surface area contributed by atoms with Crippen molar-refractivity contribution >= 4 is 0 Å². The van der Waals surface area contributed by atoms with E-state index in [9.17, 15) is 0 Å². The lowest BCUT2D eigenvalue weighted by molar-refractivity contribution is 0.739. The van der Waals surface area contributed by atoms with Gasteiger partial charge < -0.3 is 5.32 Å². The Kier molecular flexibility index (Phi) is 3.10. The zero-order valence-electron chi connectivity index (χ0n) is 9.59. The summed E-state index contributed by atoms with van der Waals surface area (Å²) in [5.41, 5.74) is 4.33. The summed E-state index contributed by atoms with van der Waals surface area (Å²) in [7, 11) is 1.97. The third-order valence-electron chi connectivity index (χ3n) is 3.26. The number of likely N-dealkylation sites (N-methyl/N-ethyl adjacent to an activating group) is 1. The second-order valence-corrected chi connectivity index (χ2v) is 4.29. The Bertz CT molecular complexity index is 356. The molecule has 0 fully saturated rings. The van der Waals surface area contributed by atoms with E-state index >= 15 is 0 Å². The van der Waals surface area contributed by atoms with Crippen LogP contribution in [0.3, 0.4) is 0 Å². The topological polar surface area (TPSA) is 12.0 Å². The van der Waals surface area contributed by atoms with E-state index in [-0.39, 0.29) is 0 Å². The molecule has 1 heteroatoms. The molecule has 2 rings (SSSR count). The molecule has 1 N–H and O–H groups in total. The lowest BCUT2D eigenvalue weighted by atomic mass is 9.85. The smallest absolute Gasteiger partial charge is 0.0294 e. The van der Waals surface area contributed by atoms with Crippen molar-refractivity contribution in [3.63, 3.8) is 0 Å². The summed E-state index contributed by atoms with van der Waals surface area (Å²) < 4.78 is 0. The van der Waals surface area contributed by atoms with Crippen molar-refractivity contribution in [1.82, 2.24) is 5.32 Å². The third-order valence-corrected chi connectivity index (χ3v) is 3.26. The van der Waals surface area contributed by atoms with Gasteiger partial charge in [0.1, 0.15) is 0 Å². The van der Waals surface area contributed by atoms with E-state index in [1.165, 1.54) is 24.1 Å². The maximum Gasteiger partial charge on any atom is 0.0294 e. The van der Waals surface area contributed by atoms with Crippen LogP contribution >= 0.6 is 0 Å². The summed E-state index contributed by atoms with van der Waals surface area (Å²) in [6.07, 6.45) is 15.0. The Balaban J connectivity index is 2.12. The van der Waals surface area contributed by atoms with E-state index < -0.39 is 0 Å². The summed E-state index contributed by atoms with van der Waals surface area (Å²) in [6.45, 7) is 2.27. The van der Waals surface area contributed by atoms with Crippen LogP contribution in [0.25, 0.3) is 0 Å². The van der Waals surface area contributed by atoms with Gasteiger partial charge >= 0.3 is 0 Å². The van der Waals surface area contributed by atoms with Gasteiger partial charge in [-0.3, -0.25) is 0 Å². The highest BCUT2D eigenvalue weighted by molar-refractivity contribution is 5.37.